The van der Waals surface area contributed by atoms with Gasteiger partial charge in [-0.25, -0.2) is 0 Å². The van der Waals surface area contributed by atoms with Gasteiger partial charge >= 0.3 is 8.26 Å². The Morgan fingerprint density at radius 3 is 2.27 bits per heavy atom. The molecule has 15 heavy (non-hydrogen) atoms. The predicted molar refractivity (Wildman–Crippen MR) is 59.4 cm³/mol. The summed E-state index contributed by atoms with van der Waals surface area (Å²) in [6.07, 6.45) is 0.538. The van der Waals surface area contributed by atoms with E-state index in [0.29, 0.717) is 6.42 Å². The lowest BCUT2D eigenvalue weighted by Crippen LogP contribution is -2.03. The molecule has 1 aliphatic rings. The van der Waals surface area contributed by atoms with Gasteiger partial charge in [0.05, 0.1) is 6.42 Å². The van der Waals surface area contributed by atoms with E-state index in [1.807, 2.05) is 24.3 Å². The third kappa shape index (κ3) is 5.01. The zero-order chi connectivity index (χ0) is 11.5. The molecule has 1 aromatic rings. The summed E-state index contributed by atoms with van der Waals surface area (Å²) in [6.45, 7) is 0. The Kier molecular flexibility index (Phi) is 3.96. The van der Waals surface area contributed by atoms with Gasteiger partial charge in [-0.05, 0) is 11.6 Å². The first-order valence-electron chi connectivity index (χ1n) is 3.88. The summed E-state index contributed by atoms with van der Waals surface area (Å²) >= 11 is 0. The molecule has 2 rings (SSSR count). The first-order valence-corrected chi connectivity index (χ1v) is 7.02. The molecule has 1 aliphatic heterocycles. The van der Waals surface area contributed by atoms with Crippen molar-refractivity contribution in [3.63, 3.8) is 0 Å². The highest BCUT2D eigenvalue weighted by molar-refractivity contribution is 8.31. The first-order chi connectivity index (χ1) is 6.86. The van der Waals surface area contributed by atoms with Gasteiger partial charge in [-0.2, -0.15) is 8.42 Å². The van der Waals surface area contributed by atoms with Gasteiger partial charge in [0.1, 0.15) is 0 Å². The summed E-state index contributed by atoms with van der Waals surface area (Å²) in [7, 11) is 4.81. The van der Waals surface area contributed by atoms with Crippen molar-refractivity contribution in [1.29, 1.82) is 0 Å². The van der Waals surface area contributed by atoms with E-state index in [1.54, 1.807) is 0 Å². The van der Waals surface area contributed by atoms with E-state index in [9.17, 15) is 4.79 Å². The van der Waals surface area contributed by atoms with E-state index in [0.717, 1.165) is 11.3 Å². The Hall–Kier alpha value is -0.780. The van der Waals surface area contributed by atoms with E-state index in [-0.39, 0.29) is 5.91 Å². The summed E-state index contributed by atoms with van der Waals surface area (Å²) in [4.78, 5) is 10.8. The smallest absolute Gasteiger partial charge is 0.317 e. The fourth-order valence-electron chi connectivity index (χ4n) is 1.16. The number of carbonyl (C=O) groups excluding carboxylic acids is 1. The highest BCUT2D eigenvalue weighted by atomic mass is 36.0. The molecule has 1 heterocycles. The zero-order valence-electron chi connectivity index (χ0n) is 7.41. The summed E-state index contributed by atoms with van der Waals surface area (Å²) in [6, 6.07) is 7.75. The van der Waals surface area contributed by atoms with Crippen LogP contribution in [0.5, 0.6) is 0 Å². The van der Waals surface area contributed by atoms with Gasteiger partial charge in [-0.15, -0.1) is 0 Å². The number of nitrogens with one attached hydrogen (secondary N) is 1. The Morgan fingerprint density at radius 2 is 1.73 bits per heavy atom. The van der Waals surface area contributed by atoms with Crippen LogP contribution >= 0.6 is 21.4 Å². The third-order valence-electron chi connectivity index (χ3n) is 1.64. The highest BCUT2D eigenvalue weighted by Gasteiger charge is 2.15. The molecule has 82 valence electrons. The molecule has 0 fully saturated rings. The van der Waals surface area contributed by atoms with Crippen LogP contribution in [-0.4, -0.2) is 14.3 Å². The average molecular weight is 268 g/mol. The third-order valence-corrected chi connectivity index (χ3v) is 1.64. The molecule has 0 aliphatic carbocycles. The van der Waals surface area contributed by atoms with Crippen LogP contribution in [0.3, 0.4) is 0 Å². The maximum atomic E-state index is 10.8. The van der Waals surface area contributed by atoms with Gasteiger partial charge in [0.2, 0.25) is 5.91 Å². The van der Waals surface area contributed by atoms with Crippen LogP contribution in [-0.2, 0) is 19.5 Å². The largest absolute Gasteiger partial charge is 0.326 e. The molecular weight excluding hydrogens is 261 g/mol. The van der Waals surface area contributed by atoms with Gasteiger partial charge in [-0.1, -0.05) is 18.2 Å². The fourth-order valence-corrected chi connectivity index (χ4v) is 1.16. The lowest BCUT2D eigenvalue weighted by Gasteiger charge is -1.93. The number of amides is 1. The number of anilines is 1. The number of benzene rings is 1. The molecule has 0 atom stereocenters. The van der Waals surface area contributed by atoms with Crippen molar-refractivity contribution in [2.24, 2.45) is 0 Å². The molecular formula is C8H7Cl2NO3S. The predicted octanol–water partition coefficient (Wildman–Crippen LogP) is 1.89. The van der Waals surface area contributed by atoms with Crippen LogP contribution < -0.4 is 5.32 Å². The van der Waals surface area contributed by atoms with Crippen LogP contribution in [0, 0.1) is 0 Å². The summed E-state index contributed by atoms with van der Waals surface area (Å²) in [5, 5.41) is 2.76. The maximum Gasteiger partial charge on any atom is 0.317 e. The number of carbonyl (C=O) groups is 1. The molecule has 0 spiro atoms. The number of rotatable bonds is 0. The topological polar surface area (TPSA) is 63.2 Å². The second-order valence-corrected chi connectivity index (χ2v) is 6.43. The van der Waals surface area contributed by atoms with Crippen LogP contribution in [0.25, 0.3) is 0 Å². The number of halogens is 2. The average Bonchev–Trinajstić information content (AvgIpc) is 2.40. The minimum atomic E-state index is -3.72. The number of hydrogen-bond acceptors (Lipinski definition) is 3. The van der Waals surface area contributed by atoms with E-state index >= 15 is 0 Å². The van der Waals surface area contributed by atoms with Gasteiger partial charge in [0.15, 0.2) is 0 Å². The Labute approximate surface area is 96.1 Å². The molecule has 1 amide bonds. The van der Waals surface area contributed by atoms with E-state index in [4.69, 9.17) is 8.42 Å². The van der Waals surface area contributed by atoms with Crippen molar-refractivity contribution >= 4 is 41.2 Å². The summed E-state index contributed by atoms with van der Waals surface area (Å²) in [5.74, 6) is 0.0983. The van der Waals surface area contributed by atoms with E-state index in [2.05, 4.69) is 26.7 Å². The summed E-state index contributed by atoms with van der Waals surface area (Å²) in [5.41, 5.74) is 2.07. The molecule has 1 N–H and O–H groups in total. The van der Waals surface area contributed by atoms with Gasteiger partial charge in [-0.3, -0.25) is 4.79 Å². The molecule has 0 saturated heterocycles. The second-order valence-electron chi connectivity index (χ2n) is 2.76. The molecule has 0 radical (unpaired) electrons. The molecule has 1 aromatic carbocycles. The minimum absolute atomic E-state index is 0.0983. The van der Waals surface area contributed by atoms with Crippen LogP contribution in [0.15, 0.2) is 24.3 Å². The fraction of sp³-hybridized carbons (Fsp3) is 0.125. The normalized spacial score (nSPS) is 13.6. The van der Waals surface area contributed by atoms with Crippen molar-refractivity contribution in [3.8, 4) is 0 Å². The quantitative estimate of drug-likeness (QED) is 0.731. The van der Waals surface area contributed by atoms with Crippen LogP contribution in [0.4, 0.5) is 5.69 Å². The molecule has 0 bridgehead atoms. The standard InChI is InChI=1S/C8H7NO.Cl2O2S/c10-8-5-6-3-1-2-4-7(6)9-8;1-5(2,3)4/h1-4H,5H2,(H,9,10);. The molecule has 0 saturated carbocycles. The number of para-hydroxylation sites is 1. The van der Waals surface area contributed by atoms with Crippen LogP contribution in [0.2, 0.25) is 0 Å². The summed E-state index contributed by atoms with van der Waals surface area (Å²) < 4.78 is 18.3. The number of hydrogen-bond donors (Lipinski definition) is 1. The Bertz CT molecular complexity index is 438. The molecule has 7 heteroatoms. The lowest BCUT2D eigenvalue weighted by molar-refractivity contribution is -0.115. The van der Waals surface area contributed by atoms with Crippen LogP contribution in [0.1, 0.15) is 5.56 Å². The van der Waals surface area contributed by atoms with E-state index in [1.165, 1.54) is 0 Å². The van der Waals surface area contributed by atoms with Gasteiger partial charge < -0.3 is 5.32 Å². The van der Waals surface area contributed by atoms with Crippen molar-refractivity contribution in [3.05, 3.63) is 29.8 Å². The van der Waals surface area contributed by atoms with Gasteiger partial charge in [0.25, 0.3) is 0 Å². The first kappa shape index (κ1) is 12.3. The Morgan fingerprint density at radius 1 is 1.20 bits per heavy atom. The van der Waals surface area contributed by atoms with Gasteiger partial charge in [0, 0.05) is 27.1 Å². The number of fused-ring (bicyclic) bond motifs is 1. The monoisotopic (exact) mass is 267 g/mol. The highest BCUT2D eigenvalue weighted by Crippen LogP contribution is 2.20. The van der Waals surface area contributed by atoms with E-state index < -0.39 is 8.26 Å². The molecule has 0 aromatic heterocycles. The second kappa shape index (κ2) is 4.83. The molecule has 4 nitrogen and oxygen atoms in total. The lowest BCUT2D eigenvalue weighted by atomic mass is 10.2. The van der Waals surface area contributed by atoms with Crippen molar-refractivity contribution in [2.45, 2.75) is 6.42 Å². The van der Waals surface area contributed by atoms with Crippen molar-refractivity contribution < 1.29 is 13.2 Å². The minimum Gasteiger partial charge on any atom is -0.326 e. The molecule has 0 unspecified atom stereocenters. The maximum absolute atomic E-state index is 10.8. The zero-order valence-corrected chi connectivity index (χ0v) is 9.73. The van der Waals surface area contributed by atoms with Crippen molar-refractivity contribution in [1.82, 2.24) is 0 Å². The SMILES string of the molecule is O=C1Cc2ccccc2N1.O=S(=O)(Cl)Cl. The van der Waals surface area contributed by atoms with Crippen molar-refractivity contribution in [2.75, 3.05) is 5.32 Å². The Balaban J connectivity index is 0.000000195.